The first kappa shape index (κ1) is 21.2. The molecule has 0 unspecified atom stereocenters. The SMILES string of the molecule is CN=C/C(=C\N)c1cccc(NC(=O)c2cc3oc(N4CCOCC4)nc3nc2NC)n1. The minimum absolute atomic E-state index is 0.307. The summed E-state index contributed by atoms with van der Waals surface area (Å²) in [6.45, 7) is 2.59. The number of nitrogens with two attached hydrogens (primary N) is 1. The summed E-state index contributed by atoms with van der Waals surface area (Å²) in [5.41, 5.74) is 8.03. The molecule has 11 nitrogen and oxygen atoms in total. The van der Waals surface area contributed by atoms with Gasteiger partial charge in [0, 0.05) is 51.2 Å². The molecule has 166 valence electrons. The third-order valence-corrected chi connectivity index (χ3v) is 4.87. The van der Waals surface area contributed by atoms with Crippen LogP contribution >= 0.6 is 0 Å². The highest BCUT2D eigenvalue weighted by Gasteiger charge is 2.21. The Labute approximate surface area is 184 Å². The lowest BCUT2D eigenvalue weighted by atomic mass is 10.2. The number of nitrogens with zero attached hydrogens (tertiary/aromatic N) is 5. The summed E-state index contributed by atoms with van der Waals surface area (Å²) in [7, 11) is 3.33. The Kier molecular flexibility index (Phi) is 6.26. The van der Waals surface area contributed by atoms with E-state index in [1.165, 1.54) is 6.20 Å². The fourth-order valence-electron chi connectivity index (χ4n) is 3.29. The Morgan fingerprint density at radius 2 is 2.06 bits per heavy atom. The van der Waals surface area contributed by atoms with E-state index in [9.17, 15) is 4.79 Å². The molecule has 0 spiro atoms. The normalized spacial score (nSPS) is 14.8. The molecule has 4 heterocycles. The van der Waals surface area contributed by atoms with Gasteiger partial charge in [-0.25, -0.2) is 9.97 Å². The van der Waals surface area contributed by atoms with Crippen molar-refractivity contribution in [1.82, 2.24) is 15.0 Å². The molecule has 11 heteroatoms. The number of carbonyl (C=O) groups is 1. The predicted octanol–water partition coefficient (Wildman–Crippen LogP) is 1.75. The minimum atomic E-state index is -0.389. The van der Waals surface area contributed by atoms with Crippen molar-refractivity contribution >= 4 is 46.6 Å². The predicted molar refractivity (Wildman–Crippen MR) is 123 cm³/mol. The Bertz CT molecular complexity index is 1180. The van der Waals surface area contributed by atoms with E-state index in [-0.39, 0.29) is 5.91 Å². The molecule has 0 atom stereocenters. The number of morpholine rings is 1. The average molecular weight is 436 g/mol. The summed E-state index contributed by atoms with van der Waals surface area (Å²) in [6, 6.07) is 7.33. The van der Waals surface area contributed by atoms with Crippen LogP contribution in [-0.2, 0) is 4.74 Å². The molecule has 4 rings (SSSR count). The van der Waals surface area contributed by atoms with E-state index in [0.29, 0.717) is 72.0 Å². The van der Waals surface area contributed by atoms with Crippen molar-refractivity contribution in [3.8, 4) is 0 Å². The lowest BCUT2D eigenvalue weighted by molar-refractivity contribution is 0.102. The van der Waals surface area contributed by atoms with Crippen LogP contribution in [0, 0.1) is 0 Å². The molecule has 4 N–H and O–H groups in total. The molecule has 0 aliphatic carbocycles. The van der Waals surface area contributed by atoms with Crippen LogP contribution in [-0.4, -0.2) is 67.5 Å². The van der Waals surface area contributed by atoms with E-state index in [1.54, 1.807) is 44.6 Å². The number of aromatic nitrogens is 3. The number of aliphatic imine (C=N–C) groups is 1. The summed E-state index contributed by atoms with van der Waals surface area (Å²) in [6.07, 6.45) is 3.01. The molecule has 0 radical (unpaired) electrons. The Hall–Kier alpha value is -3.99. The van der Waals surface area contributed by atoms with Gasteiger partial charge in [0.05, 0.1) is 24.5 Å². The first-order valence-electron chi connectivity index (χ1n) is 10.1. The van der Waals surface area contributed by atoms with Crippen LogP contribution < -0.4 is 21.3 Å². The van der Waals surface area contributed by atoms with Gasteiger partial charge in [-0.1, -0.05) is 6.07 Å². The minimum Gasteiger partial charge on any atom is -0.422 e. The van der Waals surface area contributed by atoms with Crippen molar-refractivity contribution in [3.05, 3.63) is 41.7 Å². The van der Waals surface area contributed by atoms with E-state index in [4.69, 9.17) is 14.9 Å². The van der Waals surface area contributed by atoms with Crippen molar-refractivity contribution in [1.29, 1.82) is 0 Å². The molecule has 3 aromatic rings. The van der Waals surface area contributed by atoms with Crippen LogP contribution in [0.4, 0.5) is 17.7 Å². The van der Waals surface area contributed by atoms with Crippen LogP contribution in [0.1, 0.15) is 16.1 Å². The van der Waals surface area contributed by atoms with E-state index in [2.05, 4.69) is 30.6 Å². The molecule has 0 aromatic carbocycles. The number of allylic oxidation sites excluding steroid dienone is 1. The summed E-state index contributed by atoms with van der Waals surface area (Å²) < 4.78 is 11.2. The molecule has 3 aromatic heterocycles. The summed E-state index contributed by atoms with van der Waals surface area (Å²) >= 11 is 0. The van der Waals surface area contributed by atoms with Crippen molar-refractivity contribution < 1.29 is 13.9 Å². The van der Waals surface area contributed by atoms with E-state index < -0.39 is 0 Å². The molecule has 1 aliphatic heterocycles. The lowest BCUT2D eigenvalue weighted by Gasteiger charge is -2.24. The number of fused-ring (bicyclic) bond motifs is 1. The van der Waals surface area contributed by atoms with Crippen LogP contribution in [0.2, 0.25) is 0 Å². The highest BCUT2D eigenvalue weighted by atomic mass is 16.5. The molecular formula is C21H24N8O3. The van der Waals surface area contributed by atoms with E-state index >= 15 is 0 Å². The number of hydrogen-bond acceptors (Lipinski definition) is 10. The second kappa shape index (κ2) is 9.43. The molecule has 1 saturated heterocycles. The molecule has 0 bridgehead atoms. The van der Waals surface area contributed by atoms with Crippen LogP contribution in [0.15, 0.2) is 39.9 Å². The van der Waals surface area contributed by atoms with Gasteiger partial charge < -0.3 is 30.4 Å². The summed E-state index contributed by atoms with van der Waals surface area (Å²) in [5.74, 6) is 0.360. The van der Waals surface area contributed by atoms with Gasteiger partial charge in [-0.2, -0.15) is 4.98 Å². The average Bonchev–Trinajstić information content (AvgIpc) is 3.25. The van der Waals surface area contributed by atoms with Gasteiger partial charge in [-0.05, 0) is 12.1 Å². The summed E-state index contributed by atoms with van der Waals surface area (Å²) in [5, 5.41) is 5.75. The van der Waals surface area contributed by atoms with Crippen molar-refractivity contribution in [3.63, 3.8) is 0 Å². The third kappa shape index (κ3) is 4.37. The number of nitrogens with one attached hydrogen (secondary N) is 2. The van der Waals surface area contributed by atoms with Gasteiger partial charge >= 0.3 is 0 Å². The number of rotatable bonds is 6. The molecule has 32 heavy (non-hydrogen) atoms. The number of oxazole rings is 1. The maximum absolute atomic E-state index is 13.0. The molecule has 1 fully saturated rings. The fraction of sp³-hybridized carbons (Fsp3) is 0.286. The Morgan fingerprint density at radius 3 is 2.78 bits per heavy atom. The number of anilines is 3. The maximum Gasteiger partial charge on any atom is 0.300 e. The number of pyridine rings is 2. The van der Waals surface area contributed by atoms with E-state index in [0.717, 1.165) is 0 Å². The first-order chi connectivity index (χ1) is 15.6. The number of hydrogen-bond donors (Lipinski definition) is 3. The Balaban J connectivity index is 1.61. The zero-order valence-electron chi connectivity index (χ0n) is 17.8. The smallest absolute Gasteiger partial charge is 0.300 e. The second-order valence-electron chi connectivity index (χ2n) is 6.92. The second-order valence-corrected chi connectivity index (χ2v) is 6.92. The monoisotopic (exact) mass is 436 g/mol. The maximum atomic E-state index is 13.0. The fourth-order valence-corrected chi connectivity index (χ4v) is 3.29. The van der Waals surface area contributed by atoms with Crippen LogP contribution in [0.5, 0.6) is 0 Å². The lowest BCUT2D eigenvalue weighted by Crippen LogP contribution is -2.36. The summed E-state index contributed by atoms with van der Waals surface area (Å²) in [4.78, 5) is 32.4. The van der Waals surface area contributed by atoms with Crippen LogP contribution in [0.3, 0.4) is 0 Å². The zero-order chi connectivity index (χ0) is 22.5. The number of ether oxygens (including phenoxy) is 1. The number of amides is 1. The first-order valence-corrected chi connectivity index (χ1v) is 10.1. The zero-order valence-corrected chi connectivity index (χ0v) is 17.8. The molecule has 1 aliphatic rings. The molecule has 0 saturated carbocycles. The van der Waals surface area contributed by atoms with Crippen molar-refractivity contribution in [2.75, 3.05) is 55.9 Å². The highest BCUT2D eigenvalue weighted by Crippen LogP contribution is 2.26. The number of carbonyl (C=O) groups excluding carboxylic acids is 1. The topological polar surface area (TPSA) is 144 Å². The van der Waals surface area contributed by atoms with Gasteiger partial charge in [0.15, 0.2) is 5.58 Å². The van der Waals surface area contributed by atoms with Crippen molar-refractivity contribution in [2.24, 2.45) is 10.7 Å². The van der Waals surface area contributed by atoms with Gasteiger partial charge in [-0.15, -0.1) is 0 Å². The van der Waals surface area contributed by atoms with Crippen molar-refractivity contribution in [2.45, 2.75) is 0 Å². The quantitative estimate of drug-likeness (QED) is 0.492. The highest BCUT2D eigenvalue weighted by molar-refractivity contribution is 6.10. The largest absolute Gasteiger partial charge is 0.422 e. The van der Waals surface area contributed by atoms with E-state index in [1.807, 2.05) is 4.90 Å². The Morgan fingerprint density at radius 1 is 1.25 bits per heavy atom. The van der Waals surface area contributed by atoms with Gasteiger partial charge in [0.1, 0.15) is 11.6 Å². The third-order valence-electron chi connectivity index (χ3n) is 4.87. The standard InChI is InChI=1S/C21H24N8O3/c1-23-12-13(11-22)15-4-3-5-17(25-15)26-20(30)14-10-16-19(27-18(14)24-2)28-21(32-16)29-6-8-31-9-7-29/h3-5,10-12H,6-9,22H2,1-2H3,(H,24,27)(H,25,26,30)/b13-11+,23-12?. The van der Waals surface area contributed by atoms with Gasteiger partial charge in [0.2, 0.25) is 5.65 Å². The van der Waals surface area contributed by atoms with Crippen LogP contribution in [0.25, 0.3) is 16.8 Å². The van der Waals surface area contributed by atoms with Gasteiger partial charge in [-0.3, -0.25) is 9.79 Å². The van der Waals surface area contributed by atoms with Gasteiger partial charge in [0.25, 0.3) is 11.9 Å². The molecular weight excluding hydrogens is 412 g/mol. The molecule has 1 amide bonds.